The second-order valence-corrected chi connectivity index (χ2v) is 0. The van der Waals surface area contributed by atoms with E-state index in [0.717, 1.165) is 0 Å². The van der Waals surface area contributed by atoms with Crippen molar-refractivity contribution in [3.63, 3.8) is 0 Å². The fraction of sp³-hybridized carbons (Fsp3) is 0. The number of rotatable bonds is 0. The predicted molar refractivity (Wildman–Crippen MR) is 20.7 cm³/mol. The molecule has 0 aromatic rings. The molecule has 0 rings (SSSR count). The summed E-state index contributed by atoms with van der Waals surface area (Å²) in [6.07, 6.45) is 0. The zero-order chi connectivity index (χ0) is 0. The Morgan fingerprint density at radius 2 is 1.00 bits per heavy atom. The van der Waals surface area contributed by atoms with Crippen molar-refractivity contribution in [2.75, 3.05) is 0 Å². The summed E-state index contributed by atoms with van der Waals surface area (Å²) < 4.78 is 0. The zero-order valence-corrected chi connectivity index (χ0v) is 9.96. The summed E-state index contributed by atoms with van der Waals surface area (Å²) in [5.41, 5.74) is 0. The van der Waals surface area contributed by atoms with Crippen LogP contribution in [-0.4, -0.2) is 99.0 Å². The van der Waals surface area contributed by atoms with Gasteiger partial charge in [-0.05, 0) is 0 Å². The van der Waals surface area contributed by atoms with Crippen molar-refractivity contribution < 1.29 is 22.5 Å². The minimum atomic E-state index is 0. The monoisotopic (exact) mass is 586 g/mol. The van der Waals surface area contributed by atoms with Crippen LogP contribution in [0, 0.1) is 0 Å². The Hall–Kier alpha value is 3.77. The Kier molecular flexibility index (Phi) is 187. The van der Waals surface area contributed by atoms with Crippen molar-refractivity contribution in [1.29, 1.82) is 0 Å². The molecule has 0 aromatic heterocycles. The second kappa shape index (κ2) is 25.1. The summed E-state index contributed by atoms with van der Waals surface area (Å²) in [4.78, 5) is 0. The first-order valence-corrected chi connectivity index (χ1v) is 0. The van der Waals surface area contributed by atoms with Crippen LogP contribution >= 0.6 is 0 Å². The van der Waals surface area contributed by atoms with Gasteiger partial charge in [-0.15, -0.1) is 0 Å². The molecule has 30 valence electrons. The quantitative estimate of drug-likeness (QED) is 0.301. The van der Waals surface area contributed by atoms with Gasteiger partial charge < -0.3 is 0 Å². The Balaban J connectivity index is 0. The van der Waals surface area contributed by atoms with E-state index in [1.54, 1.807) is 0 Å². The van der Waals surface area contributed by atoms with Crippen molar-refractivity contribution in [3.8, 4) is 0 Å². The second-order valence-electron chi connectivity index (χ2n) is 0. The van der Waals surface area contributed by atoms with Gasteiger partial charge in [0.15, 0.2) is 0 Å². The third-order valence-corrected chi connectivity index (χ3v) is 0. The minimum absolute atomic E-state index is 0. The summed E-state index contributed by atoms with van der Waals surface area (Å²) >= 11 is 0. The molecule has 0 fully saturated rings. The number of hydrogen-bond donors (Lipinski definition) is 0. The molecule has 0 saturated heterocycles. The Morgan fingerprint density at radius 3 is 1.00 bits per heavy atom. The van der Waals surface area contributed by atoms with Gasteiger partial charge >= 0.3 is 45.5 Å². The van der Waals surface area contributed by atoms with Crippen molar-refractivity contribution in [3.05, 3.63) is 0 Å². The predicted octanol–water partition coefficient (Wildman–Crippen LogP) is -1.80. The van der Waals surface area contributed by atoms with Gasteiger partial charge in [0.2, 0.25) is 0 Å². The first-order chi connectivity index (χ1) is 0. The standard InChI is InChI=1S/Bi.Cu.O.Pb.Sr.2H. The molecule has 0 N–H and O–H groups in total. The molecule has 0 bridgehead atoms. The Morgan fingerprint density at radius 1 is 1.00 bits per heavy atom. The molecule has 0 spiro atoms. The fourth-order valence-corrected chi connectivity index (χ4v) is 0. The van der Waals surface area contributed by atoms with Crippen molar-refractivity contribution in [2.24, 2.45) is 0 Å². The molecule has 0 aliphatic carbocycles. The van der Waals surface area contributed by atoms with E-state index in [1.807, 2.05) is 0 Å². The van der Waals surface area contributed by atoms with E-state index in [2.05, 4.69) is 0 Å². The van der Waals surface area contributed by atoms with Gasteiger partial charge in [0, 0.05) is 76.0 Å². The van der Waals surface area contributed by atoms with E-state index < -0.39 is 0 Å². The number of hydrogen-bond acceptors (Lipinski definition) is 0. The maximum absolute atomic E-state index is 0. The average Bonchev–Trinajstić information content (AvgIpc) is 0. The summed E-state index contributed by atoms with van der Waals surface area (Å²) in [5.74, 6) is 0. The van der Waals surface area contributed by atoms with Crippen LogP contribution in [0.1, 0.15) is 0 Å². The maximum atomic E-state index is 0. The van der Waals surface area contributed by atoms with E-state index in [0.29, 0.717) is 0 Å². The Labute approximate surface area is 118 Å². The van der Waals surface area contributed by atoms with Gasteiger partial charge in [0.1, 0.15) is 0 Å². The normalized spacial score (nSPS) is 0. The SMILES string of the molecule is [Bi].[Cu].[O].[Pb].[SrH2]. The third-order valence-electron chi connectivity index (χ3n) is 0. The molecule has 1 nitrogen and oxygen atoms in total. The molecule has 0 aromatic carbocycles. The van der Waals surface area contributed by atoms with Gasteiger partial charge in [-0.25, -0.2) is 0 Å². The average molecular weight is 585 g/mol. The molecule has 0 saturated carbocycles. The zero-order valence-electron chi connectivity index (χ0n) is 1.66. The Bertz CT molecular complexity index is 11.6. The summed E-state index contributed by atoms with van der Waals surface area (Å²) in [6, 6.07) is 0. The van der Waals surface area contributed by atoms with Gasteiger partial charge in [-0.2, -0.15) is 0 Å². The van der Waals surface area contributed by atoms with Crippen LogP contribution in [-0.2, 0) is 22.5 Å². The van der Waals surface area contributed by atoms with Crippen LogP contribution in [0.15, 0.2) is 0 Å². The van der Waals surface area contributed by atoms with Gasteiger partial charge in [-0.3, -0.25) is 0 Å². The molecule has 10 radical (unpaired) electrons. The fourth-order valence-electron chi connectivity index (χ4n) is 0. The van der Waals surface area contributed by atoms with E-state index >= 15 is 0 Å². The summed E-state index contributed by atoms with van der Waals surface area (Å²) in [5, 5.41) is 0. The molecule has 0 unspecified atom stereocenters. The van der Waals surface area contributed by atoms with Gasteiger partial charge in [0.05, 0.1) is 0 Å². The first-order valence-electron chi connectivity index (χ1n) is 0. The van der Waals surface area contributed by atoms with E-state index in [1.165, 1.54) is 0 Å². The molecule has 0 amide bonds. The molecular formula is H2BiCuOPbSr. The first kappa shape index (κ1) is 37.3. The van der Waals surface area contributed by atoms with Crippen LogP contribution in [0.4, 0.5) is 0 Å². The van der Waals surface area contributed by atoms with Crippen molar-refractivity contribution >= 4 is 99.0 Å². The summed E-state index contributed by atoms with van der Waals surface area (Å²) in [7, 11) is 0. The van der Waals surface area contributed by atoms with E-state index in [-0.39, 0.29) is 122 Å². The van der Waals surface area contributed by atoms with Gasteiger partial charge in [-0.1, -0.05) is 0 Å². The summed E-state index contributed by atoms with van der Waals surface area (Å²) in [6.45, 7) is 0. The molecule has 0 aliphatic heterocycles. The van der Waals surface area contributed by atoms with Crippen LogP contribution in [0.3, 0.4) is 0 Å². The van der Waals surface area contributed by atoms with Crippen LogP contribution in [0.2, 0.25) is 0 Å². The van der Waals surface area contributed by atoms with Crippen LogP contribution in [0.5, 0.6) is 0 Å². The molecule has 0 aliphatic rings. The molecular weight excluding hydrogens is 583 g/mol. The van der Waals surface area contributed by atoms with Crippen LogP contribution < -0.4 is 0 Å². The van der Waals surface area contributed by atoms with Crippen molar-refractivity contribution in [1.82, 2.24) is 0 Å². The molecule has 5 heteroatoms. The third kappa shape index (κ3) is 18.2. The van der Waals surface area contributed by atoms with Crippen molar-refractivity contribution in [2.45, 2.75) is 0 Å². The van der Waals surface area contributed by atoms with Gasteiger partial charge in [0.25, 0.3) is 0 Å². The van der Waals surface area contributed by atoms with Crippen LogP contribution in [0.25, 0.3) is 0 Å². The van der Waals surface area contributed by atoms with E-state index in [4.69, 9.17) is 0 Å². The van der Waals surface area contributed by atoms with E-state index in [9.17, 15) is 0 Å². The molecule has 0 heterocycles. The topological polar surface area (TPSA) is 28.5 Å². The molecule has 0 atom stereocenters. The molecule has 5 heavy (non-hydrogen) atoms.